The fraction of sp³-hybridized carbons (Fsp3) is 0.200. The van der Waals surface area contributed by atoms with Gasteiger partial charge in [0.05, 0.1) is 0 Å². The van der Waals surface area contributed by atoms with Gasteiger partial charge in [0.25, 0.3) is 10.0 Å². The number of hydrogen-bond donors (Lipinski definition) is 1. The molecule has 1 N–H and O–H groups in total. The van der Waals surface area contributed by atoms with Crippen LogP contribution < -0.4 is 4.72 Å². The molecule has 0 radical (unpaired) electrons. The zero-order chi connectivity index (χ0) is 15.5. The summed E-state index contributed by atoms with van der Waals surface area (Å²) in [6.45, 7) is 2.11. The second-order valence-corrected chi connectivity index (χ2v) is 8.05. The van der Waals surface area contributed by atoms with Crippen molar-refractivity contribution in [3.63, 3.8) is 0 Å². The van der Waals surface area contributed by atoms with E-state index in [1.54, 1.807) is 30.3 Å². The molecular weight excluding hydrogens is 418 g/mol. The van der Waals surface area contributed by atoms with Crippen LogP contribution in [0, 0.1) is 0 Å². The van der Waals surface area contributed by atoms with Crippen molar-refractivity contribution < 1.29 is 8.42 Å². The van der Waals surface area contributed by atoms with Gasteiger partial charge in [-0.1, -0.05) is 41.4 Å². The monoisotopic (exact) mass is 431 g/mol. The molecule has 0 heterocycles. The second kappa shape index (κ2) is 6.94. The molecule has 0 unspecified atom stereocenters. The van der Waals surface area contributed by atoms with Crippen LogP contribution in [0.4, 0.5) is 5.69 Å². The molecule has 3 nitrogen and oxygen atoms in total. The van der Waals surface area contributed by atoms with E-state index in [4.69, 9.17) is 0 Å². The third-order valence-corrected chi connectivity index (χ3v) is 5.78. The van der Waals surface area contributed by atoms with Crippen molar-refractivity contribution in [3.8, 4) is 0 Å². The summed E-state index contributed by atoms with van der Waals surface area (Å²) in [5.41, 5.74) is 1.76. The maximum atomic E-state index is 12.4. The number of benzene rings is 2. The fourth-order valence-electron chi connectivity index (χ4n) is 1.93. The molecule has 0 aliphatic rings. The van der Waals surface area contributed by atoms with Crippen molar-refractivity contribution in [2.75, 3.05) is 4.72 Å². The Morgan fingerprint density at radius 1 is 1.05 bits per heavy atom. The lowest BCUT2D eigenvalue weighted by atomic mass is 10.1. The molecule has 2 rings (SSSR count). The highest BCUT2D eigenvalue weighted by atomic mass is 79.9. The normalized spacial score (nSPS) is 11.4. The van der Waals surface area contributed by atoms with Gasteiger partial charge >= 0.3 is 0 Å². The van der Waals surface area contributed by atoms with Gasteiger partial charge in [-0.25, -0.2) is 8.42 Å². The molecule has 112 valence electrons. The number of hydrogen-bond acceptors (Lipinski definition) is 2. The minimum absolute atomic E-state index is 0.211. The van der Waals surface area contributed by atoms with Gasteiger partial charge < -0.3 is 0 Å². The number of anilines is 1. The van der Waals surface area contributed by atoms with Crippen molar-refractivity contribution in [2.24, 2.45) is 0 Å². The minimum atomic E-state index is -3.60. The lowest BCUT2D eigenvalue weighted by Gasteiger charge is -2.10. The first-order valence-corrected chi connectivity index (χ1v) is 9.56. The van der Waals surface area contributed by atoms with Crippen molar-refractivity contribution in [3.05, 3.63) is 57.0 Å². The third-order valence-electron chi connectivity index (χ3n) is 2.93. The number of aryl methyl sites for hydroxylation is 1. The Morgan fingerprint density at radius 3 is 2.29 bits per heavy atom. The van der Waals surface area contributed by atoms with Crippen LogP contribution in [0.25, 0.3) is 0 Å². The predicted molar refractivity (Wildman–Crippen MR) is 93.1 cm³/mol. The van der Waals surface area contributed by atoms with E-state index in [-0.39, 0.29) is 4.90 Å². The molecule has 6 heteroatoms. The Labute approximate surface area is 142 Å². The Hall–Kier alpha value is -0.850. The predicted octanol–water partition coefficient (Wildman–Crippen LogP) is 4.96. The summed E-state index contributed by atoms with van der Waals surface area (Å²) < 4.78 is 28.7. The molecule has 2 aromatic carbocycles. The standard InChI is InChI=1S/C15H15Br2NO2S/c1-2-3-11-4-7-13(8-5-11)18-21(19,20)15-9-6-12(16)10-14(15)17/h4-10,18H,2-3H2,1H3. The Morgan fingerprint density at radius 2 is 1.71 bits per heavy atom. The third kappa shape index (κ3) is 4.31. The lowest BCUT2D eigenvalue weighted by molar-refractivity contribution is 0.600. The molecule has 0 saturated carbocycles. The largest absolute Gasteiger partial charge is 0.280 e. The molecule has 0 spiro atoms. The summed E-state index contributed by atoms with van der Waals surface area (Å²) >= 11 is 6.59. The highest BCUT2D eigenvalue weighted by Gasteiger charge is 2.17. The molecule has 0 atom stereocenters. The Kier molecular flexibility index (Phi) is 5.46. The quantitative estimate of drug-likeness (QED) is 0.725. The van der Waals surface area contributed by atoms with Gasteiger partial charge in [-0.2, -0.15) is 0 Å². The van der Waals surface area contributed by atoms with E-state index in [0.29, 0.717) is 10.2 Å². The molecule has 0 aromatic heterocycles. The molecule has 0 saturated heterocycles. The van der Waals surface area contributed by atoms with Gasteiger partial charge in [-0.15, -0.1) is 0 Å². The van der Waals surface area contributed by atoms with Crippen LogP contribution in [0.15, 0.2) is 56.3 Å². The van der Waals surface area contributed by atoms with Gasteiger partial charge in [0, 0.05) is 14.6 Å². The average molecular weight is 433 g/mol. The van der Waals surface area contributed by atoms with E-state index in [2.05, 4.69) is 43.5 Å². The fourth-order valence-corrected chi connectivity index (χ4v) is 4.74. The maximum absolute atomic E-state index is 12.4. The van der Waals surface area contributed by atoms with Crippen LogP contribution in [0.3, 0.4) is 0 Å². The van der Waals surface area contributed by atoms with Gasteiger partial charge in [0.1, 0.15) is 4.90 Å². The van der Waals surface area contributed by atoms with Crippen LogP contribution in [0.5, 0.6) is 0 Å². The molecule has 2 aromatic rings. The first-order valence-electron chi connectivity index (χ1n) is 6.49. The second-order valence-electron chi connectivity index (χ2n) is 4.63. The topological polar surface area (TPSA) is 46.2 Å². The van der Waals surface area contributed by atoms with Crippen molar-refractivity contribution in [1.29, 1.82) is 0 Å². The van der Waals surface area contributed by atoms with Crippen molar-refractivity contribution in [1.82, 2.24) is 0 Å². The zero-order valence-corrected chi connectivity index (χ0v) is 15.4. The van der Waals surface area contributed by atoms with Gasteiger partial charge in [0.15, 0.2) is 0 Å². The molecule has 0 fully saturated rings. The average Bonchev–Trinajstić information content (AvgIpc) is 2.40. The van der Waals surface area contributed by atoms with Crippen molar-refractivity contribution >= 4 is 47.6 Å². The molecule has 0 amide bonds. The van der Waals surface area contributed by atoms with Gasteiger partial charge in [0.2, 0.25) is 0 Å². The summed E-state index contributed by atoms with van der Waals surface area (Å²) in [7, 11) is -3.60. The maximum Gasteiger partial charge on any atom is 0.263 e. The zero-order valence-electron chi connectivity index (χ0n) is 11.4. The van der Waals surface area contributed by atoms with E-state index in [9.17, 15) is 8.42 Å². The highest BCUT2D eigenvalue weighted by Crippen LogP contribution is 2.27. The number of sulfonamides is 1. The van der Waals surface area contributed by atoms with Crippen molar-refractivity contribution in [2.45, 2.75) is 24.7 Å². The first-order chi connectivity index (χ1) is 9.92. The van der Waals surface area contributed by atoms with Crippen LogP contribution in [-0.2, 0) is 16.4 Å². The minimum Gasteiger partial charge on any atom is -0.280 e. The van der Waals surface area contributed by atoms with Crippen LogP contribution in [0.1, 0.15) is 18.9 Å². The van der Waals surface area contributed by atoms with Gasteiger partial charge in [-0.3, -0.25) is 4.72 Å². The number of nitrogens with one attached hydrogen (secondary N) is 1. The first kappa shape index (κ1) is 16.5. The van der Waals surface area contributed by atoms with E-state index in [1.165, 1.54) is 5.56 Å². The van der Waals surface area contributed by atoms with Crippen LogP contribution in [-0.4, -0.2) is 8.42 Å². The summed E-state index contributed by atoms with van der Waals surface area (Å²) in [6.07, 6.45) is 2.06. The lowest BCUT2D eigenvalue weighted by Crippen LogP contribution is -2.13. The number of rotatable bonds is 5. The molecular formula is C15H15Br2NO2S. The van der Waals surface area contributed by atoms with Crippen LogP contribution in [0.2, 0.25) is 0 Å². The van der Waals surface area contributed by atoms with Gasteiger partial charge in [-0.05, 0) is 58.2 Å². The van der Waals surface area contributed by atoms with E-state index >= 15 is 0 Å². The highest BCUT2D eigenvalue weighted by molar-refractivity contribution is 9.11. The van der Waals surface area contributed by atoms with E-state index in [1.807, 2.05) is 12.1 Å². The smallest absolute Gasteiger partial charge is 0.263 e. The summed E-state index contributed by atoms with van der Waals surface area (Å²) in [6, 6.07) is 12.4. The number of halogens is 2. The Bertz CT molecular complexity index is 728. The molecule has 0 aliphatic heterocycles. The summed E-state index contributed by atoms with van der Waals surface area (Å²) in [5.74, 6) is 0. The summed E-state index contributed by atoms with van der Waals surface area (Å²) in [5, 5.41) is 0. The molecule has 0 aliphatic carbocycles. The van der Waals surface area contributed by atoms with Crippen LogP contribution >= 0.6 is 31.9 Å². The van der Waals surface area contributed by atoms with E-state index < -0.39 is 10.0 Å². The SMILES string of the molecule is CCCc1ccc(NS(=O)(=O)c2ccc(Br)cc2Br)cc1. The summed E-state index contributed by atoms with van der Waals surface area (Å²) in [4.78, 5) is 0.211. The molecule has 21 heavy (non-hydrogen) atoms. The van der Waals surface area contributed by atoms with E-state index in [0.717, 1.165) is 17.3 Å². The Balaban J connectivity index is 2.24. The molecule has 0 bridgehead atoms.